The van der Waals surface area contributed by atoms with E-state index in [1.807, 2.05) is 6.07 Å². The summed E-state index contributed by atoms with van der Waals surface area (Å²) in [6.07, 6.45) is 3.38. The van der Waals surface area contributed by atoms with E-state index in [9.17, 15) is 4.79 Å². The van der Waals surface area contributed by atoms with E-state index in [1.54, 1.807) is 35.2 Å². The second kappa shape index (κ2) is 4.59. The van der Waals surface area contributed by atoms with E-state index in [0.29, 0.717) is 6.54 Å². The monoisotopic (exact) mass is 216 g/mol. The SMILES string of the molecule is NNc1ccnc(Cn2ccccc2=O)c1. The number of anilines is 1. The van der Waals surface area contributed by atoms with Gasteiger partial charge in [-0.1, -0.05) is 6.07 Å². The van der Waals surface area contributed by atoms with Crippen LogP contribution in [0.25, 0.3) is 0 Å². The molecular weight excluding hydrogens is 204 g/mol. The summed E-state index contributed by atoms with van der Waals surface area (Å²) in [7, 11) is 0. The maximum Gasteiger partial charge on any atom is 0.250 e. The Balaban J connectivity index is 2.27. The van der Waals surface area contributed by atoms with Crippen LogP contribution in [-0.2, 0) is 6.54 Å². The van der Waals surface area contributed by atoms with Gasteiger partial charge in [0.05, 0.1) is 17.9 Å². The van der Waals surface area contributed by atoms with Crippen LogP contribution in [0.1, 0.15) is 5.69 Å². The van der Waals surface area contributed by atoms with E-state index in [-0.39, 0.29) is 5.56 Å². The van der Waals surface area contributed by atoms with E-state index in [0.717, 1.165) is 11.4 Å². The van der Waals surface area contributed by atoms with Crippen LogP contribution in [0.2, 0.25) is 0 Å². The number of rotatable bonds is 3. The van der Waals surface area contributed by atoms with Crippen molar-refractivity contribution in [2.24, 2.45) is 5.84 Å². The number of hydrogen-bond donors (Lipinski definition) is 2. The molecule has 0 spiro atoms. The molecule has 0 aliphatic carbocycles. The molecule has 5 heteroatoms. The number of hydrogen-bond acceptors (Lipinski definition) is 4. The minimum atomic E-state index is -0.0459. The Kier molecular flexibility index (Phi) is 2.98. The van der Waals surface area contributed by atoms with Crippen molar-refractivity contribution >= 4 is 5.69 Å². The van der Waals surface area contributed by atoms with E-state index in [2.05, 4.69) is 10.4 Å². The molecule has 5 nitrogen and oxygen atoms in total. The molecule has 0 atom stereocenters. The van der Waals surface area contributed by atoms with Crippen molar-refractivity contribution < 1.29 is 0 Å². The molecule has 0 aliphatic rings. The molecule has 0 saturated carbocycles. The molecule has 2 aromatic rings. The van der Waals surface area contributed by atoms with Gasteiger partial charge >= 0.3 is 0 Å². The van der Waals surface area contributed by atoms with Gasteiger partial charge in [-0.2, -0.15) is 0 Å². The van der Waals surface area contributed by atoms with E-state index < -0.39 is 0 Å². The summed E-state index contributed by atoms with van der Waals surface area (Å²) < 4.78 is 1.59. The van der Waals surface area contributed by atoms with Gasteiger partial charge in [0.15, 0.2) is 0 Å². The lowest BCUT2D eigenvalue weighted by molar-refractivity contribution is 0.740. The van der Waals surface area contributed by atoms with Gasteiger partial charge in [0.2, 0.25) is 0 Å². The van der Waals surface area contributed by atoms with Crippen LogP contribution in [0, 0.1) is 0 Å². The van der Waals surface area contributed by atoms with Crippen molar-refractivity contribution in [3.8, 4) is 0 Å². The second-order valence-corrected chi connectivity index (χ2v) is 3.35. The van der Waals surface area contributed by atoms with Crippen LogP contribution in [0.4, 0.5) is 5.69 Å². The van der Waals surface area contributed by atoms with Gasteiger partial charge in [-0.25, -0.2) is 0 Å². The summed E-state index contributed by atoms with van der Waals surface area (Å²) in [5, 5.41) is 0. The summed E-state index contributed by atoms with van der Waals surface area (Å²) in [5.41, 5.74) is 4.05. The van der Waals surface area contributed by atoms with E-state index in [4.69, 9.17) is 5.84 Å². The Morgan fingerprint density at radius 2 is 2.25 bits per heavy atom. The Labute approximate surface area is 92.5 Å². The zero-order chi connectivity index (χ0) is 11.4. The quantitative estimate of drug-likeness (QED) is 0.581. The molecule has 0 unspecified atom stereocenters. The summed E-state index contributed by atoms with van der Waals surface area (Å²) >= 11 is 0. The molecule has 0 fully saturated rings. The number of pyridine rings is 2. The lowest BCUT2D eigenvalue weighted by Gasteiger charge is -2.06. The number of nitrogen functional groups attached to an aromatic ring is 1. The molecule has 0 aliphatic heterocycles. The number of aromatic nitrogens is 2. The van der Waals surface area contributed by atoms with Crippen molar-refractivity contribution in [1.82, 2.24) is 9.55 Å². The summed E-state index contributed by atoms with van der Waals surface area (Å²) in [6.45, 7) is 0.440. The second-order valence-electron chi connectivity index (χ2n) is 3.35. The highest BCUT2D eigenvalue weighted by molar-refractivity contribution is 5.41. The predicted molar refractivity (Wildman–Crippen MR) is 61.9 cm³/mol. The van der Waals surface area contributed by atoms with Gasteiger partial charge < -0.3 is 9.99 Å². The largest absolute Gasteiger partial charge is 0.324 e. The van der Waals surface area contributed by atoms with Gasteiger partial charge in [-0.15, -0.1) is 0 Å². The molecule has 0 radical (unpaired) electrons. The average Bonchev–Trinajstić information content (AvgIpc) is 2.32. The lowest BCUT2D eigenvalue weighted by atomic mass is 10.3. The highest BCUT2D eigenvalue weighted by Gasteiger charge is 1.99. The van der Waals surface area contributed by atoms with Crippen LogP contribution >= 0.6 is 0 Å². The first kappa shape index (κ1) is 10.4. The first-order chi connectivity index (χ1) is 7.79. The first-order valence-electron chi connectivity index (χ1n) is 4.86. The summed E-state index contributed by atoms with van der Waals surface area (Å²) in [6, 6.07) is 8.61. The maximum atomic E-state index is 11.5. The molecule has 3 N–H and O–H groups in total. The minimum Gasteiger partial charge on any atom is -0.324 e. The van der Waals surface area contributed by atoms with Gasteiger partial charge in [-0.3, -0.25) is 15.6 Å². The van der Waals surface area contributed by atoms with E-state index >= 15 is 0 Å². The molecule has 16 heavy (non-hydrogen) atoms. The van der Waals surface area contributed by atoms with Gasteiger partial charge in [0.25, 0.3) is 5.56 Å². The Hall–Kier alpha value is -2.14. The Bertz CT molecular complexity index is 535. The normalized spacial score (nSPS) is 10.1. The van der Waals surface area contributed by atoms with Crippen LogP contribution in [0.15, 0.2) is 47.5 Å². The zero-order valence-corrected chi connectivity index (χ0v) is 8.63. The van der Waals surface area contributed by atoms with Gasteiger partial charge in [-0.05, 0) is 18.2 Å². The highest BCUT2D eigenvalue weighted by Crippen LogP contribution is 2.06. The van der Waals surface area contributed by atoms with Crippen molar-refractivity contribution in [1.29, 1.82) is 0 Å². The predicted octanol–water partition coefficient (Wildman–Crippen LogP) is 0.577. The van der Waals surface area contributed by atoms with Crippen LogP contribution in [-0.4, -0.2) is 9.55 Å². The Morgan fingerprint density at radius 3 is 3.00 bits per heavy atom. The molecule has 2 rings (SSSR count). The highest BCUT2D eigenvalue weighted by atomic mass is 16.1. The third-order valence-corrected chi connectivity index (χ3v) is 2.21. The molecule has 0 saturated heterocycles. The minimum absolute atomic E-state index is 0.0459. The number of nitrogens with one attached hydrogen (secondary N) is 1. The first-order valence-corrected chi connectivity index (χ1v) is 4.86. The third-order valence-electron chi connectivity index (χ3n) is 2.21. The maximum absolute atomic E-state index is 11.5. The summed E-state index contributed by atoms with van der Waals surface area (Å²) in [5.74, 6) is 5.30. The molecule has 2 heterocycles. The number of nitrogens with two attached hydrogens (primary N) is 1. The molecule has 2 aromatic heterocycles. The Morgan fingerprint density at radius 1 is 1.38 bits per heavy atom. The standard InChI is InChI=1S/C11H12N4O/c12-14-9-4-5-13-10(7-9)8-15-6-2-1-3-11(15)16/h1-7H,8,12H2,(H,13,14). The molecule has 0 amide bonds. The van der Waals surface area contributed by atoms with Crippen molar-refractivity contribution in [2.45, 2.75) is 6.54 Å². The average molecular weight is 216 g/mol. The molecule has 82 valence electrons. The lowest BCUT2D eigenvalue weighted by Crippen LogP contribution is -2.19. The molecule has 0 aromatic carbocycles. The van der Waals surface area contributed by atoms with Crippen molar-refractivity contribution in [2.75, 3.05) is 5.43 Å². The van der Waals surface area contributed by atoms with Crippen LogP contribution in [0.5, 0.6) is 0 Å². The smallest absolute Gasteiger partial charge is 0.250 e. The fourth-order valence-electron chi connectivity index (χ4n) is 1.42. The topological polar surface area (TPSA) is 72.9 Å². The number of hydrazine groups is 1. The van der Waals surface area contributed by atoms with E-state index in [1.165, 1.54) is 6.07 Å². The van der Waals surface area contributed by atoms with Crippen molar-refractivity contribution in [3.63, 3.8) is 0 Å². The third kappa shape index (κ3) is 2.26. The number of nitrogens with zero attached hydrogens (tertiary/aromatic N) is 2. The molecule has 0 bridgehead atoms. The van der Waals surface area contributed by atoms with Crippen LogP contribution < -0.4 is 16.8 Å². The fourth-order valence-corrected chi connectivity index (χ4v) is 1.42. The zero-order valence-electron chi connectivity index (χ0n) is 8.63. The van der Waals surface area contributed by atoms with Gasteiger partial charge in [0.1, 0.15) is 0 Å². The van der Waals surface area contributed by atoms with Gasteiger partial charge in [0, 0.05) is 18.5 Å². The summed E-state index contributed by atoms with van der Waals surface area (Å²) in [4.78, 5) is 15.6. The fraction of sp³-hybridized carbons (Fsp3) is 0.0909. The molecular formula is C11H12N4O. The van der Waals surface area contributed by atoms with Crippen molar-refractivity contribution in [3.05, 3.63) is 58.8 Å². The van der Waals surface area contributed by atoms with Crippen LogP contribution in [0.3, 0.4) is 0 Å².